The molecule has 0 atom stereocenters. The van der Waals surface area contributed by atoms with Crippen molar-refractivity contribution in [3.8, 4) is 5.75 Å². The zero-order valence-electron chi connectivity index (χ0n) is 13.1. The summed E-state index contributed by atoms with van der Waals surface area (Å²) in [6.45, 7) is 1.96. The van der Waals surface area contributed by atoms with Crippen LogP contribution in [0.1, 0.15) is 36.5 Å². The van der Waals surface area contributed by atoms with Crippen LogP contribution in [0.3, 0.4) is 0 Å². The first-order valence-corrected chi connectivity index (χ1v) is 8.34. The number of unbranched alkanes of at least 4 members (excludes halogenated alkanes) is 2. The van der Waals surface area contributed by atoms with Gasteiger partial charge in [0.15, 0.2) is 5.78 Å². The number of hydrogen-bond acceptors (Lipinski definition) is 4. The molecule has 1 rings (SSSR count). The smallest absolute Gasteiger partial charge is 0.211 e. The van der Waals surface area contributed by atoms with Crippen LogP contribution in [0.2, 0.25) is 0 Å². The summed E-state index contributed by atoms with van der Waals surface area (Å²) >= 11 is 1.31. The number of carbonyl (C=O) groups is 2. The molecule has 0 spiro atoms. The van der Waals surface area contributed by atoms with Crippen LogP contribution in [0.5, 0.6) is 5.75 Å². The van der Waals surface area contributed by atoms with Crippen molar-refractivity contribution in [3.63, 3.8) is 0 Å². The molecule has 0 N–H and O–H groups in total. The molecule has 0 aliphatic carbocycles. The number of ether oxygens (including phenoxy) is 1. The lowest BCUT2D eigenvalue weighted by atomic mass is 10.1. The maximum absolute atomic E-state index is 11.9. The number of rotatable bonds is 9. The molecule has 0 saturated carbocycles. The second-order valence-corrected chi connectivity index (χ2v) is 5.85. The quantitative estimate of drug-likeness (QED) is 0.383. The molecule has 1 aromatic rings. The van der Waals surface area contributed by atoms with Crippen LogP contribution in [0.25, 0.3) is 0 Å². The van der Waals surface area contributed by atoms with Gasteiger partial charge in [-0.1, -0.05) is 30.8 Å². The number of benzene rings is 1. The van der Waals surface area contributed by atoms with Gasteiger partial charge in [-0.05, 0) is 61.4 Å². The molecule has 0 bridgehead atoms. The maximum atomic E-state index is 11.9. The van der Waals surface area contributed by atoms with Crippen LogP contribution >= 0.6 is 11.8 Å². The van der Waals surface area contributed by atoms with E-state index in [-0.39, 0.29) is 10.9 Å². The van der Waals surface area contributed by atoms with E-state index in [0.717, 1.165) is 30.8 Å². The molecule has 0 unspecified atom stereocenters. The second-order valence-electron chi connectivity index (χ2n) is 4.58. The van der Waals surface area contributed by atoms with Crippen molar-refractivity contribution in [2.75, 3.05) is 12.9 Å². The average Bonchev–Trinajstić information content (AvgIpc) is 2.54. The van der Waals surface area contributed by atoms with E-state index in [9.17, 15) is 9.59 Å². The summed E-state index contributed by atoms with van der Waals surface area (Å²) in [4.78, 5) is 23.1. The standard InChI is InChI=1S/C18H22O3S/c1-3-22-18(20)10-8-6-4-5-7-9-17(19)15-11-13-16(21-2)14-12-15/h7-14H,3-6H2,1-2H3/b9-7+,10-8+. The Morgan fingerprint density at radius 1 is 1.09 bits per heavy atom. The molecule has 22 heavy (non-hydrogen) atoms. The number of thioether (sulfide) groups is 1. The topological polar surface area (TPSA) is 43.4 Å². The van der Waals surface area contributed by atoms with Crippen LogP contribution in [-0.4, -0.2) is 23.8 Å². The molecule has 0 aliphatic rings. The fourth-order valence-corrected chi connectivity index (χ4v) is 2.24. The molecule has 118 valence electrons. The van der Waals surface area contributed by atoms with Gasteiger partial charge in [0, 0.05) is 5.56 Å². The summed E-state index contributed by atoms with van der Waals surface area (Å²) in [7, 11) is 1.60. The minimum atomic E-state index is -0.00674. The summed E-state index contributed by atoms with van der Waals surface area (Å²) in [5.41, 5.74) is 0.652. The first-order valence-electron chi connectivity index (χ1n) is 7.35. The lowest BCUT2D eigenvalue weighted by Gasteiger charge is -2.00. The molecule has 1 aromatic carbocycles. The van der Waals surface area contributed by atoms with E-state index < -0.39 is 0 Å². The van der Waals surface area contributed by atoms with E-state index in [1.54, 1.807) is 43.5 Å². The highest BCUT2D eigenvalue weighted by molar-refractivity contribution is 8.14. The third-order valence-corrected chi connectivity index (χ3v) is 3.64. The van der Waals surface area contributed by atoms with Crippen LogP contribution in [-0.2, 0) is 4.79 Å². The average molecular weight is 318 g/mol. The fourth-order valence-electron chi connectivity index (χ4n) is 1.77. The van der Waals surface area contributed by atoms with E-state index >= 15 is 0 Å². The number of carbonyl (C=O) groups excluding carboxylic acids is 2. The fraction of sp³-hybridized carbons (Fsp3) is 0.333. The summed E-state index contributed by atoms with van der Waals surface area (Å²) < 4.78 is 5.06. The molecule has 0 radical (unpaired) electrons. The van der Waals surface area contributed by atoms with Gasteiger partial charge >= 0.3 is 0 Å². The molecule has 0 fully saturated rings. The Balaban J connectivity index is 2.27. The second kappa shape index (κ2) is 10.9. The summed E-state index contributed by atoms with van der Waals surface area (Å²) in [5, 5.41) is 0.104. The number of hydrogen-bond donors (Lipinski definition) is 0. The van der Waals surface area contributed by atoms with Gasteiger partial charge in [0.2, 0.25) is 5.12 Å². The molecule has 0 amide bonds. The summed E-state index contributed by atoms with van der Waals surface area (Å²) in [5.74, 6) is 1.54. The highest BCUT2D eigenvalue weighted by Gasteiger charge is 2.01. The zero-order chi connectivity index (χ0) is 16.2. The van der Waals surface area contributed by atoms with Crippen molar-refractivity contribution in [2.24, 2.45) is 0 Å². The van der Waals surface area contributed by atoms with Gasteiger partial charge in [0.25, 0.3) is 0 Å². The molecular formula is C18H22O3S. The Kier molecular flexibility index (Phi) is 9.00. The van der Waals surface area contributed by atoms with Crippen molar-refractivity contribution < 1.29 is 14.3 Å². The molecular weight excluding hydrogens is 296 g/mol. The molecule has 0 saturated heterocycles. The van der Waals surface area contributed by atoms with E-state index in [4.69, 9.17) is 4.74 Å². The van der Waals surface area contributed by atoms with Crippen molar-refractivity contribution in [3.05, 3.63) is 54.1 Å². The normalized spacial score (nSPS) is 11.2. The molecule has 4 heteroatoms. The van der Waals surface area contributed by atoms with Gasteiger partial charge in [-0.25, -0.2) is 0 Å². The van der Waals surface area contributed by atoms with Crippen molar-refractivity contribution >= 4 is 22.7 Å². The number of ketones is 1. The van der Waals surface area contributed by atoms with Gasteiger partial charge in [0.05, 0.1) is 7.11 Å². The van der Waals surface area contributed by atoms with Gasteiger partial charge < -0.3 is 4.74 Å². The monoisotopic (exact) mass is 318 g/mol. The molecule has 0 heterocycles. The Labute approximate surface area is 136 Å². The first-order chi connectivity index (χ1) is 10.7. The van der Waals surface area contributed by atoms with Crippen LogP contribution in [0.4, 0.5) is 0 Å². The summed E-state index contributed by atoms with van der Waals surface area (Å²) in [6, 6.07) is 7.06. The van der Waals surface area contributed by atoms with Crippen LogP contribution in [0.15, 0.2) is 48.6 Å². The predicted molar refractivity (Wildman–Crippen MR) is 92.6 cm³/mol. The molecule has 0 aromatic heterocycles. The molecule has 3 nitrogen and oxygen atoms in total. The lowest BCUT2D eigenvalue weighted by Crippen LogP contribution is -1.94. The van der Waals surface area contributed by atoms with Gasteiger partial charge in [-0.15, -0.1) is 0 Å². The highest BCUT2D eigenvalue weighted by atomic mass is 32.2. The Bertz CT molecular complexity index is 530. The van der Waals surface area contributed by atoms with E-state index in [1.807, 2.05) is 19.1 Å². The third-order valence-electron chi connectivity index (χ3n) is 2.93. The number of methoxy groups -OCH3 is 1. The SMILES string of the molecule is CCSC(=O)/C=C/CCC/C=C/C(=O)c1ccc(OC)cc1. The first kappa shape index (κ1) is 18.2. The largest absolute Gasteiger partial charge is 0.497 e. The third kappa shape index (κ3) is 7.27. The Hall–Kier alpha value is -1.81. The van der Waals surface area contributed by atoms with Gasteiger partial charge in [-0.2, -0.15) is 0 Å². The van der Waals surface area contributed by atoms with Crippen molar-refractivity contribution in [1.82, 2.24) is 0 Å². The van der Waals surface area contributed by atoms with Crippen LogP contribution in [0, 0.1) is 0 Å². The number of allylic oxidation sites excluding steroid dienone is 3. The van der Waals surface area contributed by atoms with Gasteiger partial charge in [-0.3, -0.25) is 9.59 Å². The minimum absolute atomic E-state index is 0.00674. The predicted octanol–water partition coefficient (Wildman–Crippen LogP) is 4.44. The summed E-state index contributed by atoms with van der Waals surface area (Å²) in [6.07, 6.45) is 9.59. The zero-order valence-corrected chi connectivity index (χ0v) is 13.9. The Morgan fingerprint density at radius 3 is 2.32 bits per heavy atom. The van der Waals surface area contributed by atoms with Crippen LogP contribution < -0.4 is 4.74 Å². The Morgan fingerprint density at radius 2 is 1.73 bits per heavy atom. The maximum Gasteiger partial charge on any atom is 0.211 e. The van der Waals surface area contributed by atoms with Gasteiger partial charge in [0.1, 0.15) is 5.75 Å². The van der Waals surface area contributed by atoms with E-state index in [2.05, 4.69) is 0 Å². The lowest BCUT2D eigenvalue weighted by molar-refractivity contribution is -0.107. The van der Waals surface area contributed by atoms with Crippen molar-refractivity contribution in [2.45, 2.75) is 26.2 Å². The minimum Gasteiger partial charge on any atom is -0.497 e. The van der Waals surface area contributed by atoms with E-state index in [1.165, 1.54) is 11.8 Å². The molecule has 0 aliphatic heterocycles. The van der Waals surface area contributed by atoms with E-state index in [0.29, 0.717) is 5.56 Å². The van der Waals surface area contributed by atoms with Crippen molar-refractivity contribution in [1.29, 1.82) is 0 Å². The highest BCUT2D eigenvalue weighted by Crippen LogP contribution is 2.12.